The van der Waals surface area contributed by atoms with Crippen LogP contribution < -0.4 is 5.32 Å². The maximum absolute atomic E-state index is 13.5. The predicted molar refractivity (Wildman–Crippen MR) is 142 cm³/mol. The fourth-order valence-electron chi connectivity index (χ4n) is 6.16. The number of nitrogens with zero attached hydrogens (tertiary/aromatic N) is 4. The van der Waals surface area contributed by atoms with Gasteiger partial charge >= 0.3 is 0 Å². The van der Waals surface area contributed by atoms with Gasteiger partial charge in [-0.05, 0) is 61.6 Å². The van der Waals surface area contributed by atoms with Gasteiger partial charge in [-0.3, -0.25) is 19.7 Å². The van der Waals surface area contributed by atoms with Crippen LogP contribution >= 0.6 is 23.2 Å². The van der Waals surface area contributed by atoms with E-state index in [2.05, 4.69) is 10.3 Å². The van der Waals surface area contributed by atoms with Gasteiger partial charge in [0.2, 0.25) is 17.6 Å². The van der Waals surface area contributed by atoms with Gasteiger partial charge in [0.25, 0.3) is 5.91 Å². The molecule has 1 N–H and O–H groups in total. The summed E-state index contributed by atoms with van der Waals surface area (Å²) in [7, 11) is 1.73. The first kappa shape index (κ1) is 27.0. The van der Waals surface area contributed by atoms with E-state index in [0.29, 0.717) is 48.2 Å². The van der Waals surface area contributed by atoms with E-state index >= 15 is 0 Å². The minimum absolute atomic E-state index is 0.0413. The number of likely N-dealkylation sites (tertiary alicyclic amines) is 1. The van der Waals surface area contributed by atoms with Crippen molar-refractivity contribution in [3.63, 3.8) is 0 Å². The molecule has 2 aliphatic heterocycles. The highest BCUT2D eigenvalue weighted by atomic mass is 35.5. The van der Waals surface area contributed by atoms with Crippen molar-refractivity contribution in [1.29, 1.82) is 0 Å². The van der Waals surface area contributed by atoms with E-state index in [1.807, 2.05) is 11.0 Å². The maximum atomic E-state index is 13.5. The molecule has 2 aromatic rings. The second kappa shape index (κ2) is 11.6. The van der Waals surface area contributed by atoms with Gasteiger partial charge in [-0.25, -0.2) is 4.98 Å². The van der Waals surface area contributed by atoms with Gasteiger partial charge in [0.15, 0.2) is 6.39 Å². The number of carbonyl (C=O) groups excluding carboxylic acids is 3. The number of oxazole rings is 1. The van der Waals surface area contributed by atoms with Crippen molar-refractivity contribution in [3.8, 4) is 0 Å². The number of nitrogens with one attached hydrogen (secondary N) is 1. The molecule has 1 aliphatic carbocycles. The number of fused-ring (bicyclic) bond motifs is 1. The third-order valence-electron chi connectivity index (χ3n) is 8.36. The molecule has 0 spiro atoms. The van der Waals surface area contributed by atoms with Gasteiger partial charge in [-0.15, -0.1) is 0 Å². The third kappa shape index (κ3) is 5.84. The highest BCUT2D eigenvalue weighted by Crippen LogP contribution is 2.40. The molecular weight excluding hydrogens is 529 g/mol. The lowest BCUT2D eigenvalue weighted by Crippen LogP contribution is -2.60. The van der Waals surface area contributed by atoms with Crippen molar-refractivity contribution in [2.45, 2.75) is 44.7 Å². The average molecular weight is 562 g/mol. The fraction of sp³-hybridized carbons (Fsp3) is 0.556. The molecule has 3 fully saturated rings. The van der Waals surface area contributed by atoms with Crippen LogP contribution in [-0.4, -0.2) is 76.8 Å². The number of benzene rings is 1. The summed E-state index contributed by atoms with van der Waals surface area (Å²) in [6, 6.07) is 5.47. The van der Waals surface area contributed by atoms with Crippen molar-refractivity contribution in [2.24, 2.45) is 17.8 Å². The van der Waals surface area contributed by atoms with Crippen LogP contribution in [0.5, 0.6) is 0 Å². The van der Waals surface area contributed by atoms with E-state index in [1.165, 1.54) is 12.6 Å². The summed E-state index contributed by atoms with van der Waals surface area (Å²) in [5.41, 5.74) is 0.877. The normalized spacial score (nSPS) is 24.3. The van der Waals surface area contributed by atoms with Crippen LogP contribution in [0.3, 0.4) is 0 Å². The molecule has 3 atom stereocenters. The third-order valence-corrected chi connectivity index (χ3v) is 9.10. The molecular formula is C27H33Cl2N5O4. The largest absolute Gasteiger partial charge is 0.438 e. The number of piperidine rings is 1. The topological polar surface area (TPSA) is 99.0 Å². The minimum atomic E-state index is -0.124. The van der Waals surface area contributed by atoms with Crippen molar-refractivity contribution in [2.75, 3.05) is 33.4 Å². The number of hydrogen-bond acceptors (Lipinski definition) is 6. The Kier molecular flexibility index (Phi) is 8.26. The van der Waals surface area contributed by atoms with Crippen LogP contribution in [-0.2, 0) is 16.1 Å². The Balaban J connectivity index is 1.13. The first-order valence-corrected chi connectivity index (χ1v) is 13.9. The van der Waals surface area contributed by atoms with Crippen molar-refractivity contribution < 1.29 is 18.8 Å². The van der Waals surface area contributed by atoms with Gasteiger partial charge in [0.05, 0.1) is 28.8 Å². The molecule has 2 saturated heterocycles. The molecule has 3 amide bonds. The lowest BCUT2D eigenvalue weighted by molar-refractivity contribution is -0.148. The highest BCUT2D eigenvalue weighted by molar-refractivity contribution is 6.42. The molecule has 9 nitrogen and oxygen atoms in total. The van der Waals surface area contributed by atoms with Gasteiger partial charge in [-0.2, -0.15) is 0 Å². The molecule has 11 heteroatoms. The smallest absolute Gasteiger partial charge is 0.291 e. The van der Waals surface area contributed by atoms with Crippen molar-refractivity contribution in [1.82, 2.24) is 25.0 Å². The molecule has 0 radical (unpaired) electrons. The Morgan fingerprint density at radius 2 is 1.92 bits per heavy atom. The minimum Gasteiger partial charge on any atom is -0.438 e. The quantitative estimate of drug-likeness (QED) is 0.577. The van der Waals surface area contributed by atoms with Gasteiger partial charge in [0, 0.05) is 32.7 Å². The first-order valence-electron chi connectivity index (χ1n) is 13.2. The molecule has 1 saturated carbocycles. The Hall–Kier alpha value is -2.62. The zero-order valence-electron chi connectivity index (χ0n) is 21.4. The van der Waals surface area contributed by atoms with E-state index < -0.39 is 0 Å². The number of hydrogen-bond donors (Lipinski definition) is 1. The Morgan fingerprint density at radius 1 is 1.13 bits per heavy atom. The molecule has 5 rings (SSSR count). The highest BCUT2D eigenvalue weighted by Gasteiger charge is 2.43. The lowest BCUT2D eigenvalue weighted by Gasteiger charge is -2.46. The SMILES string of the molecule is CN(Cc1ccc(Cl)c(Cl)c1)C(=O)CN1CNC2CCC(C3CCN(C(=O)c4cnco4)CC3)CC2C1=O. The second-order valence-electron chi connectivity index (χ2n) is 10.7. The number of rotatable bonds is 6. The number of aromatic nitrogens is 1. The van der Waals surface area contributed by atoms with E-state index in [4.69, 9.17) is 27.6 Å². The monoisotopic (exact) mass is 561 g/mol. The van der Waals surface area contributed by atoms with Crippen LogP contribution in [0.25, 0.3) is 0 Å². The van der Waals surface area contributed by atoms with E-state index in [1.54, 1.807) is 29.0 Å². The summed E-state index contributed by atoms with van der Waals surface area (Å²) in [4.78, 5) is 47.9. The number of halogens is 2. The van der Waals surface area contributed by atoms with E-state index in [9.17, 15) is 14.4 Å². The molecule has 3 heterocycles. The molecule has 1 aromatic carbocycles. The summed E-state index contributed by atoms with van der Waals surface area (Å²) in [5.74, 6) is 0.910. The van der Waals surface area contributed by atoms with Crippen LogP contribution in [0.1, 0.15) is 48.2 Å². The molecule has 204 valence electrons. The average Bonchev–Trinajstić information content (AvgIpc) is 3.47. The van der Waals surface area contributed by atoms with Gasteiger partial charge < -0.3 is 19.1 Å². The number of amides is 3. The fourth-order valence-corrected chi connectivity index (χ4v) is 6.48. The standard InChI is InChI=1S/C27H33Cl2N5O4/c1-32(13-17-2-4-21(28)22(29)10-17)25(35)14-34-15-31-23-5-3-19(11-20(23)26(34)36)18-6-8-33(9-7-18)27(37)24-12-30-16-38-24/h2,4,10,12,16,18-20,23,31H,3,5-9,11,13-15H2,1H3. The Labute approximate surface area is 232 Å². The Morgan fingerprint density at radius 3 is 2.63 bits per heavy atom. The Bertz CT molecular complexity index is 1170. The molecule has 1 aromatic heterocycles. The molecule has 3 aliphatic rings. The summed E-state index contributed by atoms with van der Waals surface area (Å²) in [6.07, 6.45) is 7.43. The maximum Gasteiger partial charge on any atom is 0.291 e. The number of likely N-dealkylation sites (N-methyl/N-ethyl adjacent to an activating group) is 1. The zero-order chi connectivity index (χ0) is 26.8. The van der Waals surface area contributed by atoms with Crippen molar-refractivity contribution in [3.05, 3.63) is 52.2 Å². The molecule has 0 bridgehead atoms. The summed E-state index contributed by atoms with van der Waals surface area (Å²) < 4.78 is 5.16. The van der Waals surface area contributed by atoms with Gasteiger partial charge in [-0.1, -0.05) is 29.3 Å². The second-order valence-corrected chi connectivity index (χ2v) is 11.5. The zero-order valence-corrected chi connectivity index (χ0v) is 23.0. The summed E-state index contributed by atoms with van der Waals surface area (Å²) in [6.45, 7) is 2.19. The summed E-state index contributed by atoms with van der Waals surface area (Å²) in [5, 5.41) is 4.43. The molecule has 38 heavy (non-hydrogen) atoms. The van der Waals surface area contributed by atoms with Crippen LogP contribution in [0.2, 0.25) is 10.0 Å². The predicted octanol–water partition coefficient (Wildman–Crippen LogP) is 3.67. The first-order chi connectivity index (χ1) is 18.3. The van der Waals surface area contributed by atoms with E-state index in [0.717, 1.165) is 37.7 Å². The van der Waals surface area contributed by atoms with E-state index in [-0.39, 0.29) is 42.0 Å². The summed E-state index contributed by atoms with van der Waals surface area (Å²) >= 11 is 12.1. The van der Waals surface area contributed by atoms with Crippen LogP contribution in [0, 0.1) is 17.8 Å². The number of carbonyl (C=O) groups is 3. The van der Waals surface area contributed by atoms with Gasteiger partial charge in [0.1, 0.15) is 6.54 Å². The van der Waals surface area contributed by atoms with Crippen LogP contribution in [0.15, 0.2) is 35.2 Å². The lowest BCUT2D eigenvalue weighted by atomic mass is 9.69. The van der Waals surface area contributed by atoms with Crippen LogP contribution in [0.4, 0.5) is 0 Å². The molecule has 3 unspecified atom stereocenters. The van der Waals surface area contributed by atoms with Crippen molar-refractivity contribution >= 4 is 40.9 Å².